The number of fused-ring (bicyclic) bond motifs is 2. The van der Waals surface area contributed by atoms with Gasteiger partial charge in [0.05, 0.1) is 30.4 Å². The van der Waals surface area contributed by atoms with Gasteiger partial charge < -0.3 is 23.4 Å². The van der Waals surface area contributed by atoms with Gasteiger partial charge in [0.1, 0.15) is 30.4 Å². The third kappa shape index (κ3) is 6.91. The Balaban J connectivity index is 1.42. The third-order valence-electron chi connectivity index (χ3n) is 8.88. The van der Waals surface area contributed by atoms with Gasteiger partial charge in [-0.2, -0.15) is 0 Å². The molecule has 11 heteroatoms. The second-order valence-electron chi connectivity index (χ2n) is 14.6. The summed E-state index contributed by atoms with van der Waals surface area (Å²) in [5.74, 6) is -0.654. The van der Waals surface area contributed by atoms with Gasteiger partial charge in [0, 0.05) is 32.4 Å². The van der Waals surface area contributed by atoms with E-state index in [1.807, 2.05) is 0 Å². The lowest BCUT2D eigenvalue weighted by atomic mass is 10.1. The molecule has 236 valence electrons. The van der Waals surface area contributed by atoms with Crippen LogP contribution in [0.2, 0.25) is 43.8 Å². The normalized spacial score (nSPS) is 22.9. The molecule has 43 heavy (non-hydrogen) atoms. The lowest BCUT2D eigenvalue weighted by Crippen LogP contribution is -2.47. The van der Waals surface area contributed by atoms with Crippen molar-refractivity contribution >= 4 is 27.4 Å². The van der Waals surface area contributed by atoms with Crippen LogP contribution in [0.1, 0.15) is 26.3 Å². The molecule has 1 aromatic carbocycles. The molecule has 0 aliphatic carbocycles. The van der Waals surface area contributed by atoms with Gasteiger partial charge in [-0.15, -0.1) is 0 Å². The first-order valence-electron chi connectivity index (χ1n) is 15.2. The Bertz CT molecular complexity index is 1470. The number of benzene rings is 1. The largest absolute Gasteiger partial charge is 0.470 e. The maximum Gasteiger partial charge on any atom is 0.198 e. The zero-order valence-corrected chi connectivity index (χ0v) is 28.9. The van der Waals surface area contributed by atoms with E-state index in [0.29, 0.717) is 36.7 Å². The highest BCUT2D eigenvalue weighted by Gasteiger charge is 2.52. The summed E-state index contributed by atoms with van der Waals surface area (Å²) in [6.07, 6.45) is -1.06. The smallest absolute Gasteiger partial charge is 0.198 e. The van der Waals surface area contributed by atoms with Crippen LogP contribution in [0.3, 0.4) is 0 Å². The number of rotatable bonds is 10. The van der Waals surface area contributed by atoms with Crippen molar-refractivity contribution in [1.82, 2.24) is 9.55 Å². The topological polar surface area (TPSA) is 64.0 Å². The Morgan fingerprint density at radius 2 is 1.63 bits per heavy atom. The number of hydrogen-bond donors (Lipinski definition) is 0. The minimum absolute atomic E-state index is 0.0395. The van der Waals surface area contributed by atoms with Gasteiger partial charge in [0.2, 0.25) is 0 Å². The first-order chi connectivity index (χ1) is 20.0. The molecular weight excluding hydrogens is 587 g/mol. The second-order valence-corrected chi connectivity index (χ2v) is 25.0. The summed E-state index contributed by atoms with van der Waals surface area (Å²) in [6.45, 7) is 21.3. The average Bonchev–Trinajstić information content (AvgIpc) is 3.56. The molecule has 2 saturated heterocycles. The van der Waals surface area contributed by atoms with E-state index in [9.17, 15) is 4.39 Å². The van der Waals surface area contributed by atoms with E-state index in [2.05, 4.69) is 58.5 Å². The number of hydrogen-bond acceptors (Lipinski definition) is 6. The summed E-state index contributed by atoms with van der Waals surface area (Å²) in [4.78, 5) is 4.56. The molecule has 0 amide bonds. The Morgan fingerprint density at radius 1 is 0.953 bits per heavy atom. The fourth-order valence-electron chi connectivity index (χ4n) is 5.24. The van der Waals surface area contributed by atoms with Crippen molar-refractivity contribution in [3.05, 3.63) is 47.5 Å². The maximum atomic E-state index is 15.5. The molecule has 2 aromatic heterocycles. The highest BCUT2D eigenvalue weighted by Crippen LogP contribution is 2.41. The average molecular weight is 633 g/mol. The first kappa shape index (κ1) is 32.2. The number of pyridine rings is 1. The summed E-state index contributed by atoms with van der Waals surface area (Å²) in [7, 11) is -3.33. The predicted octanol–water partition coefficient (Wildman–Crippen LogP) is 7.54. The van der Waals surface area contributed by atoms with Crippen LogP contribution in [-0.2, 0) is 25.4 Å². The molecule has 0 saturated carbocycles. The van der Waals surface area contributed by atoms with E-state index in [-0.39, 0.29) is 47.4 Å². The number of aryl methyl sites for hydroxylation is 1. The fourth-order valence-corrected chi connectivity index (χ4v) is 7.31. The molecular formula is C32H46F2N2O5Si2. The first-order valence-corrected chi connectivity index (χ1v) is 21.8. The Kier molecular flexibility index (Phi) is 8.98. The van der Waals surface area contributed by atoms with Crippen molar-refractivity contribution in [2.24, 2.45) is 0 Å². The number of nitrogens with zero attached hydrogens (tertiary/aromatic N) is 2. The van der Waals surface area contributed by atoms with Crippen LogP contribution in [0.15, 0.2) is 30.3 Å². The minimum atomic E-state index is -2.02. The monoisotopic (exact) mass is 632 g/mol. The van der Waals surface area contributed by atoms with E-state index in [1.165, 1.54) is 12.1 Å². The molecule has 2 fully saturated rings. The van der Waals surface area contributed by atoms with Gasteiger partial charge in [0.15, 0.2) is 26.1 Å². The van der Waals surface area contributed by atoms with Crippen molar-refractivity contribution in [2.45, 2.75) is 103 Å². The summed E-state index contributed by atoms with van der Waals surface area (Å²) in [5, 5.41) is 0.0681. The van der Waals surface area contributed by atoms with Crippen molar-refractivity contribution in [3.8, 4) is 17.1 Å². The molecule has 5 rings (SSSR count). The number of ether oxygens (including phenoxy) is 4. The Hall–Kier alpha value is -2.16. The van der Waals surface area contributed by atoms with Crippen LogP contribution < -0.4 is 4.74 Å². The zero-order valence-electron chi connectivity index (χ0n) is 26.9. The van der Waals surface area contributed by atoms with Gasteiger partial charge in [0.25, 0.3) is 0 Å². The molecule has 0 spiro atoms. The van der Waals surface area contributed by atoms with Gasteiger partial charge in [-0.1, -0.05) is 46.5 Å². The van der Waals surface area contributed by atoms with E-state index in [4.69, 9.17) is 23.4 Å². The molecule has 4 heterocycles. The van der Waals surface area contributed by atoms with Crippen molar-refractivity contribution < 1.29 is 32.2 Å². The van der Waals surface area contributed by atoms with E-state index in [0.717, 1.165) is 11.6 Å². The minimum Gasteiger partial charge on any atom is -0.470 e. The molecule has 0 bridgehead atoms. The van der Waals surface area contributed by atoms with Crippen molar-refractivity contribution in [1.29, 1.82) is 0 Å². The molecule has 0 unspecified atom stereocenters. The lowest BCUT2D eigenvalue weighted by Gasteiger charge is -2.39. The predicted molar refractivity (Wildman–Crippen MR) is 170 cm³/mol. The van der Waals surface area contributed by atoms with Gasteiger partial charge in [-0.05, 0) is 48.8 Å². The standard InChI is InChI=1S/C32H46F2N2O5Si2/c1-20-10-11-21(22(33)14-20)29-23(34)15-25-24(35-29)16-28(36(25)19-37-12-13-42(5,6)7)40-26-17-38-31-27(18-39-30(26)31)41-43(8,9)32(2,3)4/h10-11,14-16,26-27,30-31H,12-13,17-19H2,1-9H3/t26-,27-,30-,31-/m1/s1. The molecule has 7 nitrogen and oxygen atoms in total. The van der Waals surface area contributed by atoms with Crippen LogP contribution in [0.25, 0.3) is 22.3 Å². The summed E-state index contributed by atoms with van der Waals surface area (Å²) in [5.41, 5.74) is 1.83. The molecule has 4 atom stereocenters. The third-order valence-corrected chi connectivity index (χ3v) is 15.1. The number of aromatic nitrogens is 2. The SMILES string of the molecule is Cc1ccc(-c2nc3cc(O[C@@H]4CO[C@H]5[C@@H]4OC[C@H]5O[Si](C)(C)C(C)(C)C)n(COCC[Si](C)(C)C)c3cc2F)c(F)c1. The second kappa shape index (κ2) is 12.0. The number of halogens is 2. The van der Waals surface area contributed by atoms with Crippen LogP contribution in [-0.4, -0.2) is 70.2 Å². The van der Waals surface area contributed by atoms with Gasteiger partial charge in [-0.25, -0.2) is 13.8 Å². The lowest BCUT2D eigenvalue weighted by molar-refractivity contribution is 0.00859. The Morgan fingerprint density at radius 3 is 2.28 bits per heavy atom. The Labute approximate surface area is 256 Å². The molecule has 2 aliphatic heterocycles. The highest BCUT2D eigenvalue weighted by atomic mass is 28.4. The van der Waals surface area contributed by atoms with Gasteiger partial charge >= 0.3 is 0 Å². The van der Waals surface area contributed by atoms with Crippen LogP contribution in [0.4, 0.5) is 8.78 Å². The van der Waals surface area contributed by atoms with E-state index in [1.54, 1.807) is 29.7 Å². The van der Waals surface area contributed by atoms with Crippen LogP contribution in [0.5, 0.6) is 5.88 Å². The van der Waals surface area contributed by atoms with Gasteiger partial charge in [-0.3, -0.25) is 4.57 Å². The fraction of sp³-hybridized carbons (Fsp3) is 0.594. The highest BCUT2D eigenvalue weighted by molar-refractivity contribution is 6.76. The van der Waals surface area contributed by atoms with Crippen LogP contribution in [0, 0.1) is 18.6 Å². The van der Waals surface area contributed by atoms with Crippen molar-refractivity contribution in [3.63, 3.8) is 0 Å². The van der Waals surface area contributed by atoms with Crippen LogP contribution >= 0.6 is 0 Å². The molecule has 0 N–H and O–H groups in total. The van der Waals surface area contributed by atoms with Crippen molar-refractivity contribution in [2.75, 3.05) is 19.8 Å². The summed E-state index contributed by atoms with van der Waals surface area (Å²) < 4.78 is 63.7. The van der Waals surface area contributed by atoms with E-state index >= 15 is 4.39 Å². The zero-order chi connectivity index (χ0) is 31.3. The molecule has 2 aliphatic rings. The summed E-state index contributed by atoms with van der Waals surface area (Å²) >= 11 is 0. The van der Waals surface area contributed by atoms with E-state index < -0.39 is 28.0 Å². The maximum absolute atomic E-state index is 15.5. The quantitative estimate of drug-likeness (QED) is 0.170. The summed E-state index contributed by atoms with van der Waals surface area (Å²) in [6, 6.07) is 8.83. The molecule has 3 aromatic rings. The molecule has 0 radical (unpaired) electrons.